The van der Waals surface area contributed by atoms with Crippen LogP contribution >= 0.6 is 11.3 Å². The number of amides is 1. The fourth-order valence-corrected chi connectivity index (χ4v) is 4.44. The first kappa shape index (κ1) is 18.8. The molecular weight excluding hydrogens is 370 g/mol. The topological polar surface area (TPSA) is 63.1 Å². The molecule has 146 valence electrons. The van der Waals surface area contributed by atoms with E-state index in [-0.39, 0.29) is 11.9 Å². The van der Waals surface area contributed by atoms with Crippen LogP contribution in [0, 0.1) is 5.92 Å². The largest absolute Gasteiger partial charge is 0.350 e. The summed E-state index contributed by atoms with van der Waals surface area (Å²) in [5, 5.41) is 9.37. The van der Waals surface area contributed by atoms with Crippen LogP contribution in [0.3, 0.4) is 0 Å². The lowest BCUT2D eigenvalue weighted by molar-refractivity contribution is 0.0914. The summed E-state index contributed by atoms with van der Waals surface area (Å²) in [5.41, 5.74) is 0.563. The molecule has 1 aliphatic rings. The number of pyridine rings is 1. The maximum atomic E-state index is 12.7. The molecule has 6 nitrogen and oxygen atoms in total. The molecule has 3 aromatic rings. The van der Waals surface area contributed by atoms with E-state index in [0.717, 1.165) is 19.0 Å². The molecule has 1 amide bonds. The van der Waals surface area contributed by atoms with Crippen LogP contribution in [0.2, 0.25) is 0 Å². The summed E-state index contributed by atoms with van der Waals surface area (Å²) in [6.07, 6.45) is 7.57. The highest BCUT2D eigenvalue weighted by Gasteiger charge is 2.25. The van der Waals surface area contributed by atoms with Gasteiger partial charge in [0.1, 0.15) is 0 Å². The number of hydrogen-bond acceptors (Lipinski definition) is 5. The summed E-state index contributed by atoms with van der Waals surface area (Å²) in [6.45, 7) is 5.09. The van der Waals surface area contributed by atoms with E-state index < -0.39 is 0 Å². The molecule has 1 fully saturated rings. The van der Waals surface area contributed by atoms with E-state index in [1.165, 1.54) is 17.7 Å². The van der Waals surface area contributed by atoms with Gasteiger partial charge in [0, 0.05) is 30.0 Å². The number of hydrogen-bond donors (Lipinski definition) is 1. The molecule has 1 N–H and O–H groups in total. The normalized spacial score (nSPS) is 16.8. The Bertz CT molecular complexity index is 868. The van der Waals surface area contributed by atoms with Gasteiger partial charge in [-0.1, -0.05) is 13.0 Å². The van der Waals surface area contributed by atoms with E-state index in [4.69, 9.17) is 0 Å². The predicted molar refractivity (Wildman–Crippen MR) is 111 cm³/mol. The van der Waals surface area contributed by atoms with Crippen LogP contribution < -0.4 is 5.32 Å². The molecule has 1 unspecified atom stereocenters. The number of thiophene rings is 1. The lowest BCUT2D eigenvalue weighted by Crippen LogP contribution is -2.41. The number of aromatic nitrogens is 3. The zero-order valence-electron chi connectivity index (χ0n) is 16.0. The van der Waals surface area contributed by atoms with Crippen molar-refractivity contribution >= 4 is 17.2 Å². The monoisotopic (exact) mass is 395 g/mol. The Morgan fingerprint density at radius 1 is 1.29 bits per heavy atom. The lowest BCUT2D eigenvalue weighted by Gasteiger charge is -2.36. The fraction of sp³-hybridized carbons (Fsp3) is 0.381. The minimum Gasteiger partial charge on any atom is -0.350 e. The van der Waals surface area contributed by atoms with E-state index in [0.29, 0.717) is 17.9 Å². The maximum Gasteiger partial charge on any atom is 0.252 e. The van der Waals surface area contributed by atoms with Crippen molar-refractivity contribution < 1.29 is 4.79 Å². The minimum absolute atomic E-state index is 0.0913. The number of likely N-dealkylation sites (tertiary alicyclic amines) is 1. The van der Waals surface area contributed by atoms with E-state index in [9.17, 15) is 4.79 Å². The molecule has 0 aromatic carbocycles. The Balaban J connectivity index is 1.41. The second-order valence-electron chi connectivity index (χ2n) is 7.32. The lowest BCUT2D eigenvalue weighted by atomic mass is 9.97. The highest BCUT2D eigenvalue weighted by molar-refractivity contribution is 7.10. The van der Waals surface area contributed by atoms with Crippen LogP contribution in [-0.2, 0) is 0 Å². The second kappa shape index (κ2) is 8.67. The summed E-state index contributed by atoms with van der Waals surface area (Å²) >= 11 is 1.76. The Hall–Kier alpha value is -2.51. The van der Waals surface area contributed by atoms with Gasteiger partial charge in [-0.15, -0.1) is 11.3 Å². The van der Waals surface area contributed by atoms with Gasteiger partial charge in [-0.25, -0.2) is 9.67 Å². The molecule has 28 heavy (non-hydrogen) atoms. The molecule has 0 radical (unpaired) electrons. The first-order valence-corrected chi connectivity index (χ1v) is 10.6. The Labute approximate surface area is 169 Å². The first-order valence-electron chi connectivity index (χ1n) is 9.72. The van der Waals surface area contributed by atoms with Gasteiger partial charge < -0.3 is 5.32 Å². The van der Waals surface area contributed by atoms with Gasteiger partial charge in [0.25, 0.3) is 5.91 Å². The van der Waals surface area contributed by atoms with Gasteiger partial charge in [-0.3, -0.25) is 9.69 Å². The van der Waals surface area contributed by atoms with E-state index >= 15 is 0 Å². The molecule has 7 heteroatoms. The average molecular weight is 396 g/mol. The summed E-state index contributed by atoms with van der Waals surface area (Å²) in [7, 11) is 0. The smallest absolute Gasteiger partial charge is 0.252 e. The predicted octanol–water partition coefficient (Wildman–Crippen LogP) is 3.53. The Morgan fingerprint density at radius 2 is 2.14 bits per heavy atom. The number of nitrogens with one attached hydrogen (secondary N) is 1. The number of piperidine rings is 1. The van der Waals surface area contributed by atoms with Crippen LogP contribution in [0.25, 0.3) is 5.82 Å². The Kier molecular flexibility index (Phi) is 5.83. The van der Waals surface area contributed by atoms with Gasteiger partial charge in [0.2, 0.25) is 0 Å². The van der Waals surface area contributed by atoms with Crippen molar-refractivity contribution in [2.75, 3.05) is 19.6 Å². The van der Waals surface area contributed by atoms with Crippen molar-refractivity contribution in [3.63, 3.8) is 0 Å². The maximum absolute atomic E-state index is 12.7. The molecule has 0 aliphatic carbocycles. The summed E-state index contributed by atoms with van der Waals surface area (Å²) in [5.74, 6) is 1.39. The number of rotatable bonds is 6. The zero-order valence-corrected chi connectivity index (χ0v) is 16.8. The van der Waals surface area contributed by atoms with Crippen LogP contribution in [0.1, 0.15) is 41.0 Å². The molecule has 0 spiro atoms. The van der Waals surface area contributed by atoms with Crippen molar-refractivity contribution in [2.45, 2.75) is 25.8 Å². The van der Waals surface area contributed by atoms with Gasteiger partial charge in [-0.05, 0) is 61.5 Å². The van der Waals surface area contributed by atoms with Crippen molar-refractivity contribution in [3.8, 4) is 5.82 Å². The van der Waals surface area contributed by atoms with Gasteiger partial charge in [0.05, 0.1) is 11.6 Å². The quantitative estimate of drug-likeness (QED) is 0.694. The van der Waals surface area contributed by atoms with Crippen molar-refractivity contribution in [1.82, 2.24) is 25.0 Å². The second-order valence-corrected chi connectivity index (χ2v) is 8.29. The third-order valence-corrected chi connectivity index (χ3v) is 6.31. The molecule has 0 saturated carbocycles. The number of carbonyl (C=O) groups is 1. The fourth-order valence-electron chi connectivity index (χ4n) is 3.58. The highest BCUT2D eigenvalue weighted by Crippen LogP contribution is 2.29. The van der Waals surface area contributed by atoms with Crippen molar-refractivity contribution in [1.29, 1.82) is 0 Å². The van der Waals surface area contributed by atoms with E-state index in [1.807, 2.05) is 18.3 Å². The van der Waals surface area contributed by atoms with Crippen LogP contribution in [0.5, 0.6) is 0 Å². The summed E-state index contributed by atoms with van der Waals surface area (Å²) < 4.78 is 1.67. The standard InChI is InChI=1S/C21H25N5OS/c1-16-7-11-25(12-8-16)18(19-4-2-13-28-19)15-23-21(27)17-5-6-20(22-14-17)26-10-3-9-24-26/h2-6,9-10,13-14,16,18H,7-8,11-12,15H2,1H3,(H,23,27). The van der Waals surface area contributed by atoms with Gasteiger partial charge >= 0.3 is 0 Å². The Morgan fingerprint density at radius 3 is 2.79 bits per heavy atom. The van der Waals surface area contributed by atoms with Gasteiger partial charge in [0.15, 0.2) is 5.82 Å². The van der Waals surface area contributed by atoms with Gasteiger partial charge in [-0.2, -0.15) is 5.10 Å². The molecule has 4 heterocycles. The molecule has 1 saturated heterocycles. The third-order valence-electron chi connectivity index (χ3n) is 5.34. The molecular formula is C21H25N5OS. The highest BCUT2D eigenvalue weighted by atomic mass is 32.1. The van der Waals surface area contributed by atoms with Crippen molar-refractivity contribution in [3.05, 3.63) is 64.7 Å². The van der Waals surface area contributed by atoms with Crippen LogP contribution in [-0.4, -0.2) is 45.2 Å². The molecule has 4 rings (SSSR count). The molecule has 0 bridgehead atoms. The number of carbonyl (C=O) groups excluding carboxylic acids is 1. The first-order chi connectivity index (χ1) is 13.7. The van der Waals surface area contributed by atoms with E-state index in [1.54, 1.807) is 34.5 Å². The SMILES string of the molecule is CC1CCN(C(CNC(=O)c2ccc(-n3cccn3)nc2)c2cccs2)CC1. The van der Waals surface area contributed by atoms with Crippen LogP contribution in [0.15, 0.2) is 54.3 Å². The summed E-state index contributed by atoms with van der Waals surface area (Å²) in [6, 6.07) is 9.92. The zero-order chi connectivity index (χ0) is 19.3. The van der Waals surface area contributed by atoms with Crippen molar-refractivity contribution in [2.24, 2.45) is 5.92 Å². The average Bonchev–Trinajstić information content (AvgIpc) is 3.44. The number of nitrogens with zero attached hydrogens (tertiary/aromatic N) is 4. The van der Waals surface area contributed by atoms with Crippen LogP contribution in [0.4, 0.5) is 0 Å². The summed E-state index contributed by atoms with van der Waals surface area (Å²) in [4.78, 5) is 20.8. The molecule has 1 atom stereocenters. The molecule has 3 aromatic heterocycles. The van der Waals surface area contributed by atoms with E-state index in [2.05, 4.69) is 44.7 Å². The third kappa shape index (κ3) is 4.31. The minimum atomic E-state index is -0.0913. The molecule has 1 aliphatic heterocycles.